The Bertz CT molecular complexity index is 735. The molecule has 1 fully saturated rings. The van der Waals surface area contributed by atoms with Gasteiger partial charge in [-0.15, -0.1) is 0 Å². The molecule has 0 bridgehead atoms. The highest BCUT2D eigenvalue weighted by Crippen LogP contribution is 2.26. The minimum Gasteiger partial charge on any atom is -0.497 e. The van der Waals surface area contributed by atoms with Crippen molar-refractivity contribution in [2.45, 2.75) is 18.9 Å². The lowest BCUT2D eigenvalue weighted by atomic mass is 10.0. The largest absolute Gasteiger partial charge is 0.497 e. The highest BCUT2D eigenvalue weighted by molar-refractivity contribution is 5.94. The first kappa shape index (κ1) is 19.2. The van der Waals surface area contributed by atoms with Crippen molar-refractivity contribution in [2.24, 2.45) is 0 Å². The number of anilines is 1. The maximum atomic E-state index is 12.6. The van der Waals surface area contributed by atoms with Crippen molar-refractivity contribution in [3.8, 4) is 5.75 Å². The fourth-order valence-electron chi connectivity index (χ4n) is 3.54. The SMILES string of the molecule is COc1ccc(C(CNC(=O)c2ccc(N(C)C)cc2)N2CCCC2)cc1. The number of nitrogens with zero attached hydrogens (tertiary/aromatic N) is 2. The molecule has 5 heteroatoms. The number of amides is 1. The number of hydrogen-bond donors (Lipinski definition) is 1. The second kappa shape index (κ2) is 8.91. The van der Waals surface area contributed by atoms with Crippen LogP contribution in [0.4, 0.5) is 5.69 Å². The molecule has 1 unspecified atom stereocenters. The Morgan fingerprint density at radius 3 is 2.26 bits per heavy atom. The first-order valence-corrected chi connectivity index (χ1v) is 9.52. The van der Waals surface area contributed by atoms with Gasteiger partial charge in [0.25, 0.3) is 5.91 Å². The van der Waals surface area contributed by atoms with E-state index in [0.717, 1.165) is 24.5 Å². The average Bonchev–Trinajstić information content (AvgIpc) is 3.23. The van der Waals surface area contributed by atoms with Gasteiger partial charge in [0.2, 0.25) is 0 Å². The molecule has 1 aliphatic heterocycles. The van der Waals surface area contributed by atoms with Crippen molar-refractivity contribution in [1.82, 2.24) is 10.2 Å². The Balaban J connectivity index is 1.69. The van der Waals surface area contributed by atoms with Crippen LogP contribution in [-0.2, 0) is 0 Å². The van der Waals surface area contributed by atoms with Crippen molar-refractivity contribution >= 4 is 11.6 Å². The summed E-state index contributed by atoms with van der Waals surface area (Å²) >= 11 is 0. The van der Waals surface area contributed by atoms with Crippen molar-refractivity contribution in [2.75, 3.05) is 45.7 Å². The van der Waals surface area contributed by atoms with Crippen LogP contribution in [0, 0.1) is 0 Å². The number of likely N-dealkylation sites (tertiary alicyclic amines) is 1. The highest BCUT2D eigenvalue weighted by Gasteiger charge is 2.24. The molecular weight excluding hydrogens is 338 g/mol. The molecule has 1 amide bonds. The predicted octanol–water partition coefficient (Wildman–Crippen LogP) is 3.33. The molecule has 0 aliphatic carbocycles. The van der Waals surface area contributed by atoms with Gasteiger partial charge < -0.3 is 15.0 Å². The normalized spacial score (nSPS) is 15.4. The summed E-state index contributed by atoms with van der Waals surface area (Å²) in [6, 6.07) is 16.0. The summed E-state index contributed by atoms with van der Waals surface area (Å²) in [6.07, 6.45) is 2.43. The van der Waals surface area contributed by atoms with E-state index in [4.69, 9.17) is 4.74 Å². The molecule has 27 heavy (non-hydrogen) atoms. The van der Waals surface area contributed by atoms with Gasteiger partial charge in [0, 0.05) is 31.9 Å². The summed E-state index contributed by atoms with van der Waals surface area (Å²) in [5.74, 6) is 0.821. The van der Waals surface area contributed by atoms with Gasteiger partial charge in [-0.3, -0.25) is 9.69 Å². The maximum Gasteiger partial charge on any atom is 0.251 e. The van der Waals surface area contributed by atoms with E-state index < -0.39 is 0 Å². The Labute approximate surface area is 161 Å². The fraction of sp³-hybridized carbons (Fsp3) is 0.409. The van der Waals surface area contributed by atoms with Gasteiger partial charge in [-0.2, -0.15) is 0 Å². The Hall–Kier alpha value is -2.53. The fourth-order valence-corrected chi connectivity index (χ4v) is 3.54. The summed E-state index contributed by atoms with van der Waals surface area (Å²) in [5.41, 5.74) is 2.98. The van der Waals surface area contributed by atoms with E-state index in [1.54, 1.807) is 7.11 Å². The third kappa shape index (κ3) is 4.80. The third-order valence-electron chi connectivity index (χ3n) is 5.18. The summed E-state index contributed by atoms with van der Waals surface area (Å²) in [5, 5.41) is 3.13. The van der Waals surface area contributed by atoms with Crippen LogP contribution in [0.1, 0.15) is 34.8 Å². The second-order valence-electron chi connectivity index (χ2n) is 7.18. The van der Waals surface area contributed by atoms with E-state index in [1.807, 2.05) is 55.4 Å². The maximum absolute atomic E-state index is 12.6. The minimum absolute atomic E-state index is 0.0296. The number of methoxy groups -OCH3 is 1. The van der Waals surface area contributed by atoms with E-state index in [2.05, 4.69) is 22.3 Å². The zero-order valence-electron chi connectivity index (χ0n) is 16.4. The van der Waals surface area contributed by atoms with Crippen molar-refractivity contribution < 1.29 is 9.53 Å². The zero-order valence-corrected chi connectivity index (χ0v) is 16.4. The van der Waals surface area contributed by atoms with Crippen molar-refractivity contribution in [3.05, 3.63) is 59.7 Å². The molecule has 0 spiro atoms. The number of carbonyl (C=O) groups excluding carboxylic acids is 1. The lowest BCUT2D eigenvalue weighted by Crippen LogP contribution is -2.36. The first-order chi connectivity index (χ1) is 13.1. The standard InChI is InChI=1S/C22H29N3O2/c1-24(2)19-10-6-18(7-11-19)22(26)23-16-21(25-14-4-5-15-25)17-8-12-20(27-3)13-9-17/h6-13,21H,4-5,14-16H2,1-3H3,(H,23,26). The molecule has 2 aromatic rings. The van der Waals surface area contributed by atoms with E-state index >= 15 is 0 Å². The van der Waals surface area contributed by atoms with Gasteiger partial charge in [0.05, 0.1) is 13.2 Å². The molecule has 1 aliphatic rings. The highest BCUT2D eigenvalue weighted by atomic mass is 16.5. The molecule has 1 heterocycles. The number of rotatable bonds is 7. The van der Waals surface area contributed by atoms with Crippen LogP contribution in [0.15, 0.2) is 48.5 Å². The first-order valence-electron chi connectivity index (χ1n) is 9.52. The van der Waals surface area contributed by atoms with E-state index in [-0.39, 0.29) is 11.9 Å². The second-order valence-corrected chi connectivity index (χ2v) is 7.18. The summed E-state index contributed by atoms with van der Waals surface area (Å²) in [7, 11) is 5.66. The van der Waals surface area contributed by atoms with Gasteiger partial charge in [-0.25, -0.2) is 0 Å². The Morgan fingerprint density at radius 2 is 1.70 bits per heavy atom. The Morgan fingerprint density at radius 1 is 1.07 bits per heavy atom. The lowest BCUT2D eigenvalue weighted by molar-refractivity contribution is 0.0938. The summed E-state index contributed by atoms with van der Waals surface area (Å²) in [4.78, 5) is 17.1. The zero-order chi connectivity index (χ0) is 19.2. The Kier molecular flexibility index (Phi) is 6.35. The molecule has 144 valence electrons. The molecular formula is C22H29N3O2. The van der Waals surface area contributed by atoms with Crippen LogP contribution >= 0.6 is 0 Å². The van der Waals surface area contributed by atoms with E-state index in [9.17, 15) is 4.79 Å². The van der Waals surface area contributed by atoms with Gasteiger partial charge in [0.15, 0.2) is 0 Å². The van der Waals surface area contributed by atoms with Crippen LogP contribution in [0.25, 0.3) is 0 Å². The quantitative estimate of drug-likeness (QED) is 0.815. The molecule has 1 atom stereocenters. The molecule has 0 aromatic heterocycles. The topological polar surface area (TPSA) is 44.8 Å². The van der Waals surface area contributed by atoms with Crippen molar-refractivity contribution in [1.29, 1.82) is 0 Å². The van der Waals surface area contributed by atoms with Gasteiger partial charge in [0.1, 0.15) is 5.75 Å². The van der Waals surface area contributed by atoms with Crippen LogP contribution in [-0.4, -0.2) is 51.6 Å². The predicted molar refractivity (Wildman–Crippen MR) is 110 cm³/mol. The van der Waals surface area contributed by atoms with Crippen molar-refractivity contribution in [3.63, 3.8) is 0 Å². The van der Waals surface area contributed by atoms with Crippen LogP contribution in [0.2, 0.25) is 0 Å². The van der Waals surface area contributed by atoms with E-state index in [1.165, 1.54) is 18.4 Å². The molecule has 0 saturated carbocycles. The minimum atomic E-state index is -0.0296. The number of carbonyl (C=O) groups is 1. The molecule has 5 nitrogen and oxygen atoms in total. The van der Waals surface area contributed by atoms with Gasteiger partial charge in [-0.05, 0) is 67.9 Å². The van der Waals surface area contributed by atoms with Crippen LogP contribution in [0.5, 0.6) is 5.75 Å². The third-order valence-corrected chi connectivity index (χ3v) is 5.18. The molecule has 0 radical (unpaired) electrons. The number of benzene rings is 2. The lowest BCUT2D eigenvalue weighted by Gasteiger charge is -2.28. The smallest absolute Gasteiger partial charge is 0.251 e. The average molecular weight is 367 g/mol. The van der Waals surface area contributed by atoms with Crippen LogP contribution in [0.3, 0.4) is 0 Å². The molecule has 3 rings (SSSR count). The summed E-state index contributed by atoms with van der Waals surface area (Å²) in [6.45, 7) is 2.74. The molecule has 1 N–H and O–H groups in total. The van der Waals surface area contributed by atoms with Gasteiger partial charge >= 0.3 is 0 Å². The summed E-state index contributed by atoms with van der Waals surface area (Å²) < 4.78 is 5.27. The molecule has 2 aromatic carbocycles. The monoisotopic (exact) mass is 367 g/mol. The number of hydrogen-bond acceptors (Lipinski definition) is 4. The number of nitrogens with one attached hydrogen (secondary N) is 1. The molecule has 1 saturated heterocycles. The number of ether oxygens (including phenoxy) is 1. The van der Waals surface area contributed by atoms with Gasteiger partial charge in [-0.1, -0.05) is 12.1 Å². The van der Waals surface area contributed by atoms with Crippen LogP contribution < -0.4 is 15.0 Å². The van der Waals surface area contributed by atoms with E-state index in [0.29, 0.717) is 12.1 Å².